The molecule has 1 nitrogen and oxygen atoms in total. The lowest BCUT2D eigenvalue weighted by molar-refractivity contribution is -0.116. The van der Waals surface area contributed by atoms with Crippen LogP contribution in [0.3, 0.4) is 0 Å². The lowest BCUT2D eigenvalue weighted by atomic mass is 9.95. The van der Waals surface area contributed by atoms with E-state index in [0.29, 0.717) is 6.42 Å². The van der Waals surface area contributed by atoms with E-state index in [0.717, 1.165) is 11.5 Å². The smallest absolute Gasteiger partial charge is 0.134 e. The highest BCUT2D eigenvalue weighted by molar-refractivity contribution is 5.78. The lowest BCUT2D eigenvalue weighted by Crippen LogP contribution is -1.95. The van der Waals surface area contributed by atoms with Crippen molar-refractivity contribution in [3.05, 3.63) is 59.7 Å². The van der Waals surface area contributed by atoms with Crippen LogP contribution in [0.15, 0.2) is 48.5 Å². The maximum Gasteiger partial charge on any atom is 0.134 e. The molecule has 0 heterocycles. The highest BCUT2D eigenvalue weighted by Crippen LogP contribution is 2.34. The van der Waals surface area contributed by atoms with Crippen LogP contribution in [0.25, 0.3) is 11.1 Å². The van der Waals surface area contributed by atoms with E-state index in [9.17, 15) is 4.79 Å². The molecule has 0 unspecified atom stereocenters. The summed E-state index contributed by atoms with van der Waals surface area (Å²) in [5, 5.41) is 0. The molecule has 0 bridgehead atoms. The molecule has 1 fully saturated rings. The molecule has 3 rings (SSSR count). The number of hydrogen-bond donors (Lipinski definition) is 0. The molecule has 0 radical (unpaired) electrons. The van der Waals surface area contributed by atoms with Gasteiger partial charge in [0.1, 0.15) is 5.78 Å². The van der Waals surface area contributed by atoms with E-state index in [2.05, 4.69) is 48.5 Å². The molecule has 0 spiro atoms. The standard InChI is InChI=1S/C20H22O/c1-15(21)14-16-6-8-18(9-7-16)20-12-10-19(11-13-20)17-4-2-3-5-17/h6-13,17H,2-5,14H2,1H3. The minimum Gasteiger partial charge on any atom is -0.300 e. The molecule has 2 aromatic carbocycles. The summed E-state index contributed by atoms with van der Waals surface area (Å²) in [4.78, 5) is 11.1. The maximum atomic E-state index is 11.1. The molecule has 0 N–H and O–H groups in total. The molecule has 0 saturated heterocycles. The van der Waals surface area contributed by atoms with E-state index in [-0.39, 0.29) is 5.78 Å². The van der Waals surface area contributed by atoms with Gasteiger partial charge in [-0.25, -0.2) is 0 Å². The lowest BCUT2D eigenvalue weighted by Gasteiger charge is -2.10. The number of Topliss-reactive ketones (excluding diaryl/α,β-unsaturated/α-hetero) is 1. The number of carbonyl (C=O) groups excluding carboxylic acids is 1. The zero-order valence-electron chi connectivity index (χ0n) is 12.6. The van der Waals surface area contributed by atoms with Gasteiger partial charge < -0.3 is 0 Å². The van der Waals surface area contributed by atoms with Crippen LogP contribution in [0.4, 0.5) is 0 Å². The van der Waals surface area contributed by atoms with Crippen LogP contribution in [0, 0.1) is 0 Å². The van der Waals surface area contributed by atoms with Crippen molar-refractivity contribution < 1.29 is 4.79 Å². The van der Waals surface area contributed by atoms with Gasteiger partial charge in [0, 0.05) is 6.42 Å². The third-order valence-electron chi connectivity index (χ3n) is 4.48. The summed E-state index contributed by atoms with van der Waals surface area (Å²) in [5.41, 5.74) is 5.06. The second-order valence-electron chi connectivity index (χ2n) is 6.18. The van der Waals surface area contributed by atoms with Gasteiger partial charge in [-0.15, -0.1) is 0 Å². The Bertz CT molecular complexity index is 601. The van der Waals surface area contributed by atoms with Crippen LogP contribution < -0.4 is 0 Å². The molecule has 2 aromatic rings. The predicted molar refractivity (Wildman–Crippen MR) is 87.5 cm³/mol. The third kappa shape index (κ3) is 3.41. The second kappa shape index (κ2) is 6.26. The van der Waals surface area contributed by atoms with Gasteiger partial charge in [-0.05, 0) is 47.9 Å². The van der Waals surface area contributed by atoms with Crippen LogP contribution in [0.2, 0.25) is 0 Å². The molecule has 0 aliphatic heterocycles. The average molecular weight is 278 g/mol. The Labute approximate surface area is 127 Å². The maximum absolute atomic E-state index is 11.1. The number of hydrogen-bond acceptors (Lipinski definition) is 1. The van der Waals surface area contributed by atoms with Gasteiger partial charge in [0.25, 0.3) is 0 Å². The molecule has 0 atom stereocenters. The first-order valence-electron chi connectivity index (χ1n) is 7.91. The molecule has 108 valence electrons. The molecule has 1 heteroatoms. The van der Waals surface area contributed by atoms with Crippen molar-refractivity contribution >= 4 is 5.78 Å². The first-order valence-corrected chi connectivity index (χ1v) is 7.91. The summed E-state index contributed by atoms with van der Waals surface area (Å²) in [6.07, 6.45) is 5.98. The Kier molecular flexibility index (Phi) is 4.19. The summed E-state index contributed by atoms with van der Waals surface area (Å²) < 4.78 is 0. The minimum absolute atomic E-state index is 0.212. The van der Waals surface area contributed by atoms with Crippen molar-refractivity contribution in [3.8, 4) is 11.1 Å². The van der Waals surface area contributed by atoms with Crippen LogP contribution in [0.1, 0.15) is 49.7 Å². The highest BCUT2D eigenvalue weighted by Gasteiger charge is 2.16. The second-order valence-corrected chi connectivity index (χ2v) is 6.18. The fourth-order valence-electron chi connectivity index (χ4n) is 3.31. The van der Waals surface area contributed by atoms with Crippen LogP contribution in [0.5, 0.6) is 0 Å². The number of benzene rings is 2. The van der Waals surface area contributed by atoms with Crippen molar-refractivity contribution in [1.29, 1.82) is 0 Å². The number of ketones is 1. The summed E-state index contributed by atoms with van der Waals surface area (Å²) >= 11 is 0. The zero-order valence-corrected chi connectivity index (χ0v) is 12.6. The van der Waals surface area contributed by atoms with Gasteiger partial charge in [-0.2, -0.15) is 0 Å². The van der Waals surface area contributed by atoms with Crippen molar-refractivity contribution in [2.24, 2.45) is 0 Å². The van der Waals surface area contributed by atoms with Gasteiger partial charge >= 0.3 is 0 Å². The minimum atomic E-state index is 0.212. The van der Waals surface area contributed by atoms with E-state index < -0.39 is 0 Å². The van der Waals surface area contributed by atoms with Gasteiger partial charge in [0.05, 0.1) is 0 Å². The molecule has 1 aliphatic rings. The quantitative estimate of drug-likeness (QED) is 0.756. The van der Waals surface area contributed by atoms with E-state index in [4.69, 9.17) is 0 Å². The van der Waals surface area contributed by atoms with E-state index in [1.807, 2.05) is 0 Å². The summed E-state index contributed by atoms with van der Waals surface area (Å²) in [7, 11) is 0. The Morgan fingerprint density at radius 1 is 0.905 bits per heavy atom. The molecular weight excluding hydrogens is 256 g/mol. The van der Waals surface area contributed by atoms with Gasteiger partial charge in [-0.1, -0.05) is 61.4 Å². The fraction of sp³-hybridized carbons (Fsp3) is 0.350. The number of rotatable bonds is 4. The molecule has 0 aromatic heterocycles. The average Bonchev–Trinajstić information content (AvgIpc) is 3.02. The van der Waals surface area contributed by atoms with Crippen molar-refractivity contribution in [1.82, 2.24) is 0 Å². The van der Waals surface area contributed by atoms with Gasteiger partial charge in [0.2, 0.25) is 0 Å². The molecule has 21 heavy (non-hydrogen) atoms. The summed E-state index contributed by atoms with van der Waals surface area (Å²) in [6.45, 7) is 1.63. The topological polar surface area (TPSA) is 17.1 Å². The zero-order chi connectivity index (χ0) is 14.7. The summed E-state index contributed by atoms with van der Waals surface area (Å²) in [6, 6.07) is 17.4. The molecule has 0 amide bonds. The molecule has 1 aliphatic carbocycles. The Hall–Kier alpha value is -1.89. The first-order chi connectivity index (χ1) is 10.2. The normalized spacial score (nSPS) is 15.3. The fourth-order valence-corrected chi connectivity index (χ4v) is 3.31. The Balaban J connectivity index is 1.75. The molecular formula is C20H22O. The monoisotopic (exact) mass is 278 g/mol. The molecule has 1 saturated carbocycles. The highest BCUT2D eigenvalue weighted by atomic mass is 16.1. The van der Waals surface area contributed by atoms with E-state index in [1.165, 1.54) is 42.4 Å². The first kappa shape index (κ1) is 14.1. The van der Waals surface area contributed by atoms with Crippen LogP contribution in [-0.2, 0) is 11.2 Å². The van der Waals surface area contributed by atoms with Gasteiger partial charge in [0.15, 0.2) is 0 Å². The Morgan fingerprint density at radius 2 is 1.43 bits per heavy atom. The summed E-state index contributed by atoms with van der Waals surface area (Å²) in [5.74, 6) is 0.987. The van der Waals surface area contributed by atoms with E-state index >= 15 is 0 Å². The van der Waals surface area contributed by atoms with E-state index in [1.54, 1.807) is 6.92 Å². The number of carbonyl (C=O) groups is 1. The largest absolute Gasteiger partial charge is 0.300 e. The van der Waals surface area contributed by atoms with Crippen molar-refractivity contribution in [2.45, 2.75) is 44.9 Å². The van der Waals surface area contributed by atoms with Crippen LogP contribution >= 0.6 is 0 Å². The predicted octanol–water partition coefficient (Wildman–Crippen LogP) is 5.14. The van der Waals surface area contributed by atoms with Crippen molar-refractivity contribution in [2.75, 3.05) is 0 Å². The van der Waals surface area contributed by atoms with Crippen molar-refractivity contribution in [3.63, 3.8) is 0 Å². The SMILES string of the molecule is CC(=O)Cc1ccc(-c2ccc(C3CCCC3)cc2)cc1. The third-order valence-corrected chi connectivity index (χ3v) is 4.48. The van der Waals surface area contributed by atoms with Crippen LogP contribution in [-0.4, -0.2) is 5.78 Å². The van der Waals surface area contributed by atoms with Gasteiger partial charge in [-0.3, -0.25) is 4.79 Å². The Morgan fingerprint density at radius 3 is 1.95 bits per heavy atom.